The molecule has 0 aliphatic carbocycles. The fourth-order valence-electron chi connectivity index (χ4n) is 2.43. The normalized spacial score (nSPS) is 11.1. The van der Waals surface area contributed by atoms with Crippen molar-refractivity contribution in [3.8, 4) is 11.3 Å². The maximum absolute atomic E-state index is 12.2. The highest BCUT2D eigenvalue weighted by atomic mass is 35.5. The predicted octanol–water partition coefficient (Wildman–Crippen LogP) is 4.26. The monoisotopic (exact) mass is 378 g/mol. The lowest BCUT2D eigenvalue weighted by molar-refractivity contribution is -0.132. The van der Waals surface area contributed by atoms with Gasteiger partial charge in [0.15, 0.2) is 0 Å². The summed E-state index contributed by atoms with van der Waals surface area (Å²) < 4.78 is 0. The Morgan fingerprint density at radius 1 is 0.926 bits per heavy atom. The molecule has 0 saturated carbocycles. The number of nitrogens with one attached hydrogen (secondary N) is 1. The van der Waals surface area contributed by atoms with Crippen LogP contribution < -0.4 is 5.32 Å². The summed E-state index contributed by atoms with van der Waals surface area (Å²) in [5.74, 6) is -1.77. The fraction of sp³-hybridized carbons (Fsp3) is 0. The highest BCUT2D eigenvalue weighted by Gasteiger charge is 2.14. The summed E-state index contributed by atoms with van der Waals surface area (Å²) in [4.78, 5) is 28.2. The van der Waals surface area contributed by atoms with E-state index < -0.39 is 11.9 Å². The quantitative estimate of drug-likeness (QED) is 0.650. The van der Waals surface area contributed by atoms with Gasteiger partial charge in [0.1, 0.15) is 5.70 Å². The van der Waals surface area contributed by atoms with Crippen molar-refractivity contribution in [2.75, 3.05) is 0 Å². The van der Waals surface area contributed by atoms with Crippen molar-refractivity contribution in [3.63, 3.8) is 0 Å². The van der Waals surface area contributed by atoms with Crippen molar-refractivity contribution >= 4 is 29.6 Å². The number of aromatic nitrogens is 1. The van der Waals surface area contributed by atoms with Crippen LogP contribution in [0.2, 0.25) is 5.02 Å². The fourth-order valence-corrected chi connectivity index (χ4v) is 2.67. The van der Waals surface area contributed by atoms with Crippen molar-refractivity contribution in [2.45, 2.75) is 0 Å². The molecule has 2 N–H and O–H groups in total. The largest absolute Gasteiger partial charge is 0.477 e. The number of carbonyl (C=O) groups is 2. The van der Waals surface area contributed by atoms with Crippen LogP contribution in [0.15, 0.2) is 78.5 Å². The first kappa shape index (κ1) is 18.4. The molecule has 27 heavy (non-hydrogen) atoms. The van der Waals surface area contributed by atoms with Crippen molar-refractivity contribution < 1.29 is 14.7 Å². The second-order valence-electron chi connectivity index (χ2n) is 5.61. The van der Waals surface area contributed by atoms with Gasteiger partial charge in [-0.3, -0.25) is 4.79 Å². The molecule has 2 aromatic carbocycles. The molecular weight excluding hydrogens is 364 g/mol. The van der Waals surface area contributed by atoms with E-state index in [1.165, 1.54) is 6.08 Å². The molecule has 0 fully saturated rings. The number of aliphatic carboxylic acids is 1. The van der Waals surface area contributed by atoms with Crippen LogP contribution >= 0.6 is 11.6 Å². The van der Waals surface area contributed by atoms with Crippen molar-refractivity contribution in [2.24, 2.45) is 0 Å². The van der Waals surface area contributed by atoms with Gasteiger partial charge in [-0.25, -0.2) is 9.78 Å². The van der Waals surface area contributed by atoms with Gasteiger partial charge in [0.25, 0.3) is 5.91 Å². The van der Waals surface area contributed by atoms with Crippen molar-refractivity contribution in [1.82, 2.24) is 10.3 Å². The molecule has 0 aliphatic heterocycles. The third kappa shape index (κ3) is 4.59. The second kappa shape index (κ2) is 8.29. The molecule has 0 saturated heterocycles. The lowest BCUT2D eigenvalue weighted by Gasteiger charge is -2.07. The number of hydrogen-bond donors (Lipinski definition) is 2. The molecule has 1 amide bonds. The van der Waals surface area contributed by atoms with Gasteiger partial charge in [0.05, 0.1) is 11.4 Å². The summed E-state index contributed by atoms with van der Waals surface area (Å²) in [6.07, 6.45) is 1.31. The zero-order valence-electron chi connectivity index (χ0n) is 14.1. The van der Waals surface area contributed by atoms with E-state index in [-0.39, 0.29) is 5.70 Å². The molecule has 1 heterocycles. The van der Waals surface area contributed by atoms with Gasteiger partial charge in [-0.15, -0.1) is 0 Å². The van der Waals surface area contributed by atoms with Crippen LogP contribution in [-0.4, -0.2) is 22.0 Å². The minimum atomic E-state index is -1.26. The number of carboxylic acids is 1. The first-order valence-corrected chi connectivity index (χ1v) is 8.46. The van der Waals surface area contributed by atoms with E-state index in [9.17, 15) is 14.7 Å². The van der Waals surface area contributed by atoms with Crippen LogP contribution in [0.3, 0.4) is 0 Å². The van der Waals surface area contributed by atoms with Crippen LogP contribution in [-0.2, 0) is 4.79 Å². The van der Waals surface area contributed by atoms with E-state index in [1.54, 1.807) is 54.6 Å². The van der Waals surface area contributed by atoms with Gasteiger partial charge < -0.3 is 10.4 Å². The Bertz CT molecular complexity index is 1020. The Morgan fingerprint density at radius 3 is 2.33 bits per heavy atom. The number of nitrogens with zero attached hydrogens (tertiary/aromatic N) is 1. The Hall–Kier alpha value is -3.44. The summed E-state index contributed by atoms with van der Waals surface area (Å²) in [5.41, 5.74) is 1.82. The van der Waals surface area contributed by atoms with Crippen LogP contribution in [0, 0.1) is 0 Å². The standard InChI is InChI=1S/C21H15ClN2O3/c22-17-11-5-4-10-16(17)18-12-6-9-15(23-18)13-19(21(26)27)24-20(25)14-7-2-1-3-8-14/h1-13H,(H,24,25)(H,26,27). The Kier molecular flexibility index (Phi) is 5.64. The molecule has 6 heteroatoms. The number of carbonyl (C=O) groups excluding carboxylic acids is 1. The summed E-state index contributed by atoms with van der Waals surface area (Å²) >= 11 is 6.20. The van der Waals surface area contributed by atoms with E-state index in [4.69, 9.17) is 11.6 Å². The molecule has 0 atom stereocenters. The SMILES string of the molecule is O=C(O)C(=Cc1cccc(-c2ccccc2Cl)n1)NC(=O)c1ccccc1. The Balaban J connectivity index is 1.91. The average molecular weight is 379 g/mol. The highest BCUT2D eigenvalue weighted by molar-refractivity contribution is 6.33. The maximum atomic E-state index is 12.2. The number of carboxylic acid groups (broad SMARTS) is 1. The Morgan fingerprint density at radius 2 is 1.63 bits per heavy atom. The molecule has 0 radical (unpaired) electrons. The van der Waals surface area contributed by atoms with E-state index in [0.717, 1.165) is 5.56 Å². The zero-order valence-corrected chi connectivity index (χ0v) is 14.9. The minimum Gasteiger partial charge on any atom is -0.477 e. The lowest BCUT2D eigenvalue weighted by atomic mass is 10.1. The molecule has 0 aliphatic rings. The molecule has 3 aromatic rings. The third-order valence-corrected chi connectivity index (χ3v) is 4.06. The summed E-state index contributed by atoms with van der Waals surface area (Å²) in [5, 5.41) is 12.4. The van der Waals surface area contributed by atoms with Gasteiger partial charge >= 0.3 is 5.97 Å². The van der Waals surface area contributed by atoms with Crippen LogP contribution in [0.4, 0.5) is 0 Å². The number of benzene rings is 2. The molecular formula is C21H15ClN2O3. The number of rotatable bonds is 5. The van der Waals surface area contributed by atoms with E-state index >= 15 is 0 Å². The molecule has 0 unspecified atom stereocenters. The van der Waals surface area contributed by atoms with Crippen LogP contribution in [0.1, 0.15) is 16.1 Å². The van der Waals surface area contributed by atoms with Gasteiger partial charge in [-0.05, 0) is 36.4 Å². The highest BCUT2D eigenvalue weighted by Crippen LogP contribution is 2.26. The molecule has 3 rings (SSSR count). The Labute approximate surface area is 161 Å². The number of halogens is 1. The maximum Gasteiger partial charge on any atom is 0.352 e. The topological polar surface area (TPSA) is 79.3 Å². The molecule has 0 bridgehead atoms. The van der Waals surface area contributed by atoms with Gasteiger partial charge in [0.2, 0.25) is 0 Å². The van der Waals surface area contributed by atoms with E-state index in [0.29, 0.717) is 22.0 Å². The third-order valence-electron chi connectivity index (χ3n) is 3.73. The molecule has 1 aromatic heterocycles. The summed E-state index contributed by atoms with van der Waals surface area (Å²) in [7, 11) is 0. The van der Waals surface area contributed by atoms with E-state index in [1.807, 2.05) is 18.2 Å². The summed E-state index contributed by atoms with van der Waals surface area (Å²) in [6.45, 7) is 0. The molecule has 0 spiro atoms. The average Bonchev–Trinajstić information content (AvgIpc) is 2.68. The first-order chi connectivity index (χ1) is 13.0. The molecule has 134 valence electrons. The number of hydrogen-bond acceptors (Lipinski definition) is 3. The van der Waals surface area contributed by atoms with Gasteiger partial charge in [0, 0.05) is 16.1 Å². The van der Waals surface area contributed by atoms with Crippen LogP contribution in [0.25, 0.3) is 17.3 Å². The smallest absolute Gasteiger partial charge is 0.352 e. The van der Waals surface area contributed by atoms with E-state index in [2.05, 4.69) is 10.3 Å². The first-order valence-electron chi connectivity index (χ1n) is 8.08. The van der Waals surface area contributed by atoms with Gasteiger partial charge in [-0.1, -0.05) is 54.1 Å². The number of pyridine rings is 1. The molecule has 5 nitrogen and oxygen atoms in total. The zero-order chi connectivity index (χ0) is 19.2. The van der Waals surface area contributed by atoms with Crippen molar-refractivity contribution in [3.05, 3.63) is 94.8 Å². The van der Waals surface area contributed by atoms with Crippen LogP contribution in [0.5, 0.6) is 0 Å². The second-order valence-corrected chi connectivity index (χ2v) is 6.02. The lowest BCUT2D eigenvalue weighted by Crippen LogP contribution is -2.27. The minimum absolute atomic E-state index is 0.271. The predicted molar refractivity (Wildman–Crippen MR) is 104 cm³/mol. The number of amides is 1. The van der Waals surface area contributed by atoms with Crippen molar-refractivity contribution in [1.29, 1.82) is 0 Å². The van der Waals surface area contributed by atoms with Gasteiger partial charge in [-0.2, -0.15) is 0 Å². The summed E-state index contributed by atoms with van der Waals surface area (Å²) in [6, 6.07) is 20.8.